The molecule has 0 bridgehead atoms. The zero-order valence-corrected chi connectivity index (χ0v) is 69.7. The average molecular weight is 1510 g/mol. The van der Waals surface area contributed by atoms with E-state index in [0.717, 1.165) is 120 Å². The Labute approximate surface area is 632 Å². The van der Waals surface area contributed by atoms with Gasteiger partial charge in [0.05, 0.1) is 26.4 Å². The highest BCUT2D eigenvalue weighted by Crippen LogP contribution is 2.45. The molecular weight excluding hydrogens is 1340 g/mol. The van der Waals surface area contributed by atoms with Gasteiger partial charge in [0.2, 0.25) is 0 Å². The standard InChI is InChI=1S/C84H164O17P2/c1-9-77(8)63-55-47-42-43-49-57-65-82(87)95-71-80(101-84(89)67-59-50-40-34-26-22-18-13-11-10-12-16-20-24-30-36-44-52-60-74(2)3)73-99-103(92,93)97-69-78(85)68-96-102(90,91)98-72-79(70-94-81(86)64-56-48-39-33-29-28-32-38-46-54-62-76(6)7)100-83(88)66-58-51-41-35-27-23-19-15-14-17-21-25-31-37-45-53-61-75(4)5/h74-80,85H,9-73H2,1-8H3,(H,90,91)(H,92,93)/t77?,78-,79-,80-/m1/s1. The Morgan fingerprint density at radius 3 is 0.689 bits per heavy atom. The van der Waals surface area contributed by atoms with Crippen molar-refractivity contribution in [2.75, 3.05) is 39.6 Å². The number of esters is 4. The molecule has 6 atom stereocenters. The molecule has 0 aliphatic rings. The van der Waals surface area contributed by atoms with E-state index in [-0.39, 0.29) is 25.7 Å². The van der Waals surface area contributed by atoms with Crippen LogP contribution in [-0.2, 0) is 65.4 Å². The predicted molar refractivity (Wildman–Crippen MR) is 423 cm³/mol. The van der Waals surface area contributed by atoms with Gasteiger partial charge >= 0.3 is 39.5 Å². The summed E-state index contributed by atoms with van der Waals surface area (Å²) in [6, 6.07) is 0. The number of phosphoric ester groups is 2. The lowest BCUT2D eigenvalue weighted by atomic mass is 10.00. The van der Waals surface area contributed by atoms with Crippen molar-refractivity contribution in [3.8, 4) is 0 Å². The van der Waals surface area contributed by atoms with Crippen molar-refractivity contribution >= 4 is 39.5 Å². The van der Waals surface area contributed by atoms with E-state index >= 15 is 0 Å². The van der Waals surface area contributed by atoms with E-state index in [0.29, 0.717) is 25.7 Å². The topological polar surface area (TPSA) is 237 Å². The second-order valence-electron chi connectivity index (χ2n) is 31.9. The van der Waals surface area contributed by atoms with Crippen molar-refractivity contribution < 1.29 is 80.2 Å². The van der Waals surface area contributed by atoms with Crippen LogP contribution in [0.2, 0.25) is 0 Å². The Balaban J connectivity index is 5.20. The minimum Gasteiger partial charge on any atom is -0.462 e. The SMILES string of the molecule is CCC(C)CCCCCCCCC(=O)OC[C@H](COP(=O)(O)OC[C@H](O)COP(=O)(O)OC[C@@H](COC(=O)CCCCCCCCCCCCC(C)C)OC(=O)CCCCCCCCCCCCCCCCCCC(C)C)OC(=O)CCCCCCCCCCCCCCCCCCCCC(C)C. The van der Waals surface area contributed by atoms with Crippen LogP contribution in [0.1, 0.15) is 434 Å². The first-order valence-corrected chi connectivity index (χ1v) is 46.2. The first kappa shape index (κ1) is 101. The Hall–Kier alpha value is -1.94. The fourth-order valence-electron chi connectivity index (χ4n) is 12.9. The van der Waals surface area contributed by atoms with Gasteiger partial charge < -0.3 is 33.8 Å². The quantitative estimate of drug-likeness (QED) is 0.0222. The molecular formula is C84H164O17P2. The number of aliphatic hydroxyl groups excluding tert-OH is 1. The maximum atomic E-state index is 13.1. The molecule has 0 rings (SSSR count). The second-order valence-corrected chi connectivity index (χ2v) is 34.8. The van der Waals surface area contributed by atoms with Gasteiger partial charge in [-0.15, -0.1) is 0 Å². The number of hydrogen-bond acceptors (Lipinski definition) is 15. The third-order valence-corrected chi connectivity index (χ3v) is 21.8. The van der Waals surface area contributed by atoms with Gasteiger partial charge in [-0.05, 0) is 49.4 Å². The molecule has 0 radical (unpaired) electrons. The van der Waals surface area contributed by atoms with Gasteiger partial charge in [-0.1, -0.05) is 383 Å². The smallest absolute Gasteiger partial charge is 0.462 e. The van der Waals surface area contributed by atoms with E-state index in [1.54, 1.807) is 0 Å². The molecule has 0 aliphatic carbocycles. The largest absolute Gasteiger partial charge is 0.472 e. The highest BCUT2D eigenvalue weighted by molar-refractivity contribution is 7.47. The number of phosphoric acid groups is 2. The second kappa shape index (κ2) is 72.9. The van der Waals surface area contributed by atoms with Crippen LogP contribution in [0.25, 0.3) is 0 Å². The summed E-state index contributed by atoms with van der Waals surface area (Å²) in [5.74, 6) is 1.01. The van der Waals surface area contributed by atoms with Crippen molar-refractivity contribution in [1.82, 2.24) is 0 Å². The van der Waals surface area contributed by atoms with Crippen molar-refractivity contribution in [3.05, 3.63) is 0 Å². The molecule has 0 fully saturated rings. The molecule has 0 heterocycles. The van der Waals surface area contributed by atoms with Gasteiger partial charge in [0, 0.05) is 25.7 Å². The number of ether oxygens (including phenoxy) is 4. The summed E-state index contributed by atoms with van der Waals surface area (Å²) in [5.41, 5.74) is 0. The highest BCUT2D eigenvalue weighted by Gasteiger charge is 2.30. The third-order valence-electron chi connectivity index (χ3n) is 19.9. The average Bonchev–Trinajstić information content (AvgIpc) is 0.912. The molecule has 3 unspecified atom stereocenters. The molecule has 103 heavy (non-hydrogen) atoms. The fourth-order valence-corrected chi connectivity index (χ4v) is 14.5. The lowest BCUT2D eigenvalue weighted by Gasteiger charge is -2.21. The van der Waals surface area contributed by atoms with Crippen molar-refractivity contribution in [2.24, 2.45) is 23.7 Å². The molecule has 19 heteroatoms. The van der Waals surface area contributed by atoms with Crippen LogP contribution in [0.4, 0.5) is 0 Å². The van der Waals surface area contributed by atoms with E-state index in [1.807, 2.05) is 0 Å². The van der Waals surface area contributed by atoms with Crippen LogP contribution in [0.5, 0.6) is 0 Å². The molecule has 0 aromatic rings. The van der Waals surface area contributed by atoms with Gasteiger partial charge in [-0.25, -0.2) is 9.13 Å². The molecule has 0 saturated heterocycles. The number of carbonyl (C=O) groups excluding carboxylic acids is 4. The van der Waals surface area contributed by atoms with Crippen LogP contribution in [0.15, 0.2) is 0 Å². The summed E-state index contributed by atoms with van der Waals surface area (Å²) >= 11 is 0. The normalized spacial score (nSPS) is 14.2. The number of hydrogen-bond donors (Lipinski definition) is 3. The van der Waals surface area contributed by atoms with Gasteiger partial charge in [0.1, 0.15) is 19.3 Å². The Morgan fingerprint density at radius 2 is 0.466 bits per heavy atom. The summed E-state index contributed by atoms with van der Waals surface area (Å²) in [5, 5.41) is 10.7. The zero-order valence-electron chi connectivity index (χ0n) is 68.0. The molecule has 0 aromatic heterocycles. The molecule has 17 nitrogen and oxygen atoms in total. The Bertz CT molecular complexity index is 2010. The first-order chi connectivity index (χ1) is 49.6. The predicted octanol–water partition coefficient (Wildman–Crippen LogP) is 25.2. The zero-order chi connectivity index (χ0) is 76.0. The molecule has 0 amide bonds. The van der Waals surface area contributed by atoms with E-state index < -0.39 is 97.5 Å². The van der Waals surface area contributed by atoms with Crippen molar-refractivity contribution in [3.63, 3.8) is 0 Å². The van der Waals surface area contributed by atoms with Crippen LogP contribution in [-0.4, -0.2) is 96.7 Å². The first-order valence-electron chi connectivity index (χ1n) is 43.2. The maximum absolute atomic E-state index is 13.1. The number of aliphatic hydroxyl groups is 1. The highest BCUT2D eigenvalue weighted by atomic mass is 31.2. The molecule has 3 N–H and O–H groups in total. The Kier molecular flexibility index (Phi) is 71.5. The van der Waals surface area contributed by atoms with Crippen LogP contribution in [0.3, 0.4) is 0 Å². The van der Waals surface area contributed by atoms with Crippen molar-refractivity contribution in [1.29, 1.82) is 0 Å². The van der Waals surface area contributed by atoms with Gasteiger partial charge in [0.15, 0.2) is 12.2 Å². The number of rotatable bonds is 81. The summed E-state index contributed by atoms with van der Waals surface area (Å²) < 4.78 is 68.8. The summed E-state index contributed by atoms with van der Waals surface area (Å²) in [6.45, 7) is 14.3. The monoisotopic (exact) mass is 1510 g/mol. The van der Waals surface area contributed by atoms with Gasteiger partial charge in [-0.3, -0.25) is 37.3 Å². The molecule has 0 aliphatic heterocycles. The summed E-state index contributed by atoms with van der Waals surface area (Å²) in [4.78, 5) is 73.1. The Morgan fingerprint density at radius 1 is 0.272 bits per heavy atom. The molecule has 0 saturated carbocycles. The number of carbonyl (C=O) groups is 4. The number of unbranched alkanes of at least 4 members (excludes halogenated alkanes) is 46. The maximum Gasteiger partial charge on any atom is 0.472 e. The van der Waals surface area contributed by atoms with E-state index in [2.05, 4.69) is 55.4 Å². The van der Waals surface area contributed by atoms with Crippen LogP contribution < -0.4 is 0 Å². The molecule has 612 valence electrons. The van der Waals surface area contributed by atoms with E-state index in [4.69, 9.17) is 37.0 Å². The third kappa shape index (κ3) is 76.6. The lowest BCUT2D eigenvalue weighted by molar-refractivity contribution is -0.161. The lowest BCUT2D eigenvalue weighted by Crippen LogP contribution is -2.30. The fraction of sp³-hybridized carbons (Fsp3) is 0.952. The molecule has 0 spiro atoms. The van der Waals surface area contributed by atoms with Gasteiger partial charge in [-0.2, -0.15) is 0 Å². The van der Waals surface area contributed by atoms with Gasteiger partial charge in [0.25, 0.3) is 0 Å². The van der Waals surface area contributed by atoms with Crippen LogP contribution in [0, 0.1) is 23.7 Å². The van der Waals surface area contributed by atoms with E-state index in [9.17, 15) is 43.2 Å². The summed E-state index contributed by atoms with van der Waals surface area (Å²) in [7, 11) is -9.93. The summed E-state index contributed by atoms with van der Waals surface area (Å²) in [6.07, 6.45) is 61.2. The van der Waals surface area contributed by atoms with Crippen LogP contribution >= 0.6 is 15.6 Å². The van der Waals surface area contributed by atoms with E-state index in [1.165, 1.54) is 231 Å². The van der Waals surface area contributed by atoms with Crippen molar-refractivity contribution in [2.45, 2.75) is 453 Å². The minimum absolute atomic E-state index is 0.107. The minimum atomic E-state index is -4.96. The molecule has 0 aromatic carbocycles.